The van der Waals surface area contributed by atoms with Gasteiger partial charge in [0, 0.05) is 11.1 Å². The van der Waals surface area contributed by atoms with Gasteiger partial charge in [0.25, 0.3) is 11.6 Å². The molecule has 0 aliphatic carbocycles. The van der Waals surface area contributed by atoms with Crippen molar-refractivity contribution in [2.75, 3.05) is 0 Å². The Morgan fingerprint density at radius 1 is 0.444 bits per heavy atom. The zero-order valence-electron chi connectivity index (χ0n) is 19.1. The summed E-state index contributed by atoms with van der Waals surface area (Å²) in [5.74, 6) is -4.70. The second-order valence-corrected chi connectivity index (χ2v) is 8.04. The second-order valence-electron chi connectivity index (χ2n) is 8.04. The SMILES string of the molecule is OOC(OOC(OO)(c1ccccc1)C(O)c1ccccc1)(c1ccccc1)C(O)c1ccccc1. The molecule has 8 nitrogen and oxygen atoms in total. The molecule has 4 unspecified atom stereocenters. The maximum atomic E-state index is 11.3. The Hall–Kier alpha value is -3.44. The molecule has 186 valence electrons. The molecule has 0 spiro atoms. The fourth-order valence-corrected chi connectivity index (χ4v) is 3.91. The molecule has 0 fully saturated rings. The van der Waals surface area contributed by atoms with E-state index in [2.05, 4.69) is 0 Å². The average Bonchev–Trinajstić information content (AvgIpc) is 2.97. The first-order valence-electron chi connectivity index (χ1n) is 11.2. The molecule has 0 bridgehead atoms. The summed E-state index contributed by atoms with van der Waals surface area (Å²) in [5, 5.41) is 42.9. The van der Waals surface area contributed by atoms with Crippen LogP contribution in [0.4, 0.5) is 0 Å². The van der Waals surface area contributed by atoms with Crippen LogP contribution in [0, 0.1) is 0 Å². The van der Waals surface area contributed by atoms with E-state index in [-0.39, 0.29) is 11.1 Å². The molecule has 0 aliphatic heterocycles. The normalized spacial score (nSPS) is 16.4. The summed E-state index contributed by atoms with van der Waals surface area (Å²) in [6, 6.07) is 32.9. The Balaban J connectivity index is 1.81. The van der Waals surface area contributed by atoms with Gasteiger partial charge in [0.1, 0.15) is 12.2 Å². The van der Waals surface area contributed by atoms with E-state index in [9.17, 15) is 20.7 Å². The molecule has 4 aromatic rings. The van der Waals surface area contributed by atoms with Gasteiger partial charge in [-0.25, -0.2) is 10.5 Å². The van der Waals surface area contributed by atoms with Gasteiger partial charge in [-0.05, 0) is 11.1 Å². The molecular formula is C28H26O8. The predicted octanol–water partition coefficient (Wildman–Crippen LogP) is 5.09. The molecule has 0 saturated heterocycles. The topological polar surface area (TPSA) is 118 Å². The molecule has 0 radical (unpaired) electrons. The van der Waals surface area contributed by atoms with Crippen LogP contribution in [0.25, 0.3) is 0 Å². The number of hydrogen-bond donors (Lipinski definition) is 4. The van der Waals surface area contributed by atoms with E-state index < -0.39 is 23.8 Å². The highest BCUT2D eigenvalue weighted by molar-refractivity contribution is 5.29. The molecule has 4 aromatic carbocycles. The van der Waals surface area contributed by atoms with Crippen molar-refractivity contribution in [3.63, 3.8) is 0 Å². The van der Waals surface area contributed by atoms with Crippen molar-refractivity contribution >= 4 is 0 Å². The molecule has 0 aliphatic rings. The number of rotatable bonds is 11. The monoisotopic (exact) mass is 490 g/mol. The third-order valence-electron chi connectivity index (χ3n) is 5.86. The van der Waals surface area contributed by atoms with Crippen LogP contribution in [0.5, 0.6) is 0 Å². The van der Waals surface area contributed by atoms with Gasteiger partial charge in [-0.3, -0.25) is 0 Å². The third kappa shape index (κ3) is 4.93. The fourth-order valence-electron chi connectivity index (χ4n) is 3.91. The van der Waals surface area contributed by atoms with Gasteiger partial charge in [-0.15, -0.1) is 0 Å². The lowest BCUT2D eigenvalue weighted by molar-refractivity contribution is -0.603. The first kappa shape index (κ1) is 25.6. The molecule has 8 heteroatoms. The Morgan fingerprint density at radius 3 is 1.00 bits per heavy atom. The largest absolute Gasteiger partial charge is 0.382 e. The van der Waals surface area contributed by atoms with Gasteiger partial charge < -0.3 is 10.2 Å². The Bertz CT molecular complexity index is 1100. The first-order valence-corrected chi connectivity index (χ1v) is 11.2. The smallest absolute Gasteiger partial charge is 0.288 e. The van der Waals surface area contributed by atoms with E-state index in [0.29, 0.717) is 11.1 Å². The van der Waals surface area contributed by atoms with Crippen LogP contribution in [0.2, 0.25) is 0 Å². The van der Waals surface area contributed by atoms with Gasteiger partial charge in [0.2, 0.25) is 0 Å². The highest BCUT2D eigenvalue weighted by Crippen LogP contribution is 2.45. The Morgan fingerprint density at radius 2 is 0.722 bits per heavy atom. The molecular weight excluding hydrogens is 464 g/mol. The van der Waals surface area contributed by atoms with E-state index in [0.717, 1.165) is 0 Å². The minimum absolute atomic E-state index is 0.179. The lowest BCUT2D eigenvalue weighted by Crippen LogP contribution is -2.45. The van der Waals surface area contributed by atoms with E-state index in [1.54, 1.807) is 121 Å². The molecule has 4 rings (SSSR count). The number of aliphatic hydroxyl groups excluding tert-OH is 2. The van der Waals surface area contributed by atoms with Gasteiger partial charge in [0.05, 0.1) is 0 Å². The van der Waals surface area contributed by atoms with Crippen LogP contribution in [0.15, 0.2) is 121 Å². The molecule has 0 aromatic heterocycles. The highest BCUT2D eigenvalue weighted by Gasteiger charge is 2.52. The number of aliphatic hydroxyl groups is 2. The summed E-state index contributed by atoms with van der Waals surface area (Å²) >= 11 is 0. The zero-order chi connectivity index (χ0) is 25.4. The standard InChI is InChI=1S/C28H26O8/c29-25(21-13-5-1-6-14-21)27(33-31,23-17-9-3-10-18-23)35-36-28(34-32,24-19-11-4-12-20-24)26(30)22-15-7-2-8-16-22/h1-20,25-26,29-32H. The lowest BCUT2D eigenvalue weighted by Gasteiger charge is -2.39. The van der Waals surface area contributed by atoms with Gasteiger partial charge in [0.15, 0.2) is 0 Å². The van der Waals surface area contributed by atoms with Crippen LogP contribution in [-0.4, -0.2) is 20.7 Å². The molecule has 0 saturated carbocycles. The Kier molecular flexibility index (Phi) is 8.21. The Labute approximate surface area is 207 Å². The van der Waals surface area contributed by atoms with E-state index in [4.69, 9.17) is 19.6 Å². The second kappa shape index (κ2) is 11.5. The van der Waals surface area contributed by atoms with Crippen molar-refractivity contribution in [3.05, 3.63) is 144 Å². The van der Waals surface area contributed by atoms with E-state index in [1.165, 1.54) is 0 Å². The summed E-state index contributed by atoms with van der Waals surface area (Å²) in [6.45, 7) is 0. The van der Waals surface area contributed by atoms with Gasteiger partial charge in [-0.2, -0.15) is 19.6 Å². The van der Waals surface area contributed by atoms with Crippen molar-refractivity contribution in [1.82, 2.24) is 0 Å². The van der Waals surface area contributed by atoms with Crippen molar-refractivity contribution < 1.29 is 40.3 Å². The quantitative estimate of drug-likeness (QED) is 0.131. The molecule has 0 heterocycles. The number of hydrogen-bond acceptors (Lipinski definition) is 8. The van der Waals surface area contributed by atoms with E-state index in [1.807, 2.05) is 0 Å². The molecule has 4 N–H and O–H groups in total. The third-order valence-corrected chi connectivity index (χ3v) is 5.86. The maximum Gasteiger partial charge on any atom is 0.288 e. The van der Waals surface area contributed by atoms with Crippen LogP contribution < -0.4 is 0 Å². The van der Waals surface area contributed by atoms with Crippen LogP contribution in [-0.2, 0) is 31.1 Å². The minimum Gasteiger partial charge on any atom is -0.382 e. The van der Waals surface area contributed by atoms with Crippen molar-refractivity contribution in [1.29, 1.82) is 0 Å². The summed E-state index contributed by atoms with van der Waals surface area (Å²) in [5.41, 5.74) is 1.02. The molecule has 36 heavy (non-hydrogen) atoms. The van der Waals surface area contributed by atoms with Crippen molar-refractivity contribution in [2.24, 2.45) is 0 Å². The van der Waals surface area contributed by atoms with Crippen LogP contribution in [0.1, 0.15) is 34.5 Å². The number of benzene rings is 4. The van der Waals surface area contributed by atoms with Crippen molar-refractivity contribution in [2.45, 2.75) is 23.8 Å². The molecule has 4 atom stereocenters. The first-order chi connectivity index (χ1) is 17.6. The summed E-state index contributed by atoms with van der Waals surface area (Å²) in [7, 11) is 0. The maximum absolute atomic E-state index is 11.3. The van der Waals surface area contributed by atoms with E-state index >= 15 is 0 Å². The summed E-state index contributed by atoms with van der Waals surface area (Å²) < 4.78 is 0. The fraction of sp³-hybridized carbons (Fsp3) is 0.143. The van der Waals surface area contributed by atoms with Gasteiger partial charge >= 0.3 is 0 Å². The highest BCUT2D eigenvalue weighted by atomic mass is 17.3. The van der Waals surface area contributed by atoms with Gasteiger partial charge in [-0.1, -0.05) is 121 Å². The lowest BCUT2D eigenvalue weighted by atomic mass is 9.94. The summed E-state index contributed by atoms with van der Waals surface area (Å²) in [4.78, 5) is 20.9. The molecule has 0 amide bonds. The predicted molar refractivity (Wildman–Crippen MR) is 129 cm³/mol. The van der Waals surface area contributed by atoms with Crippen LogP contribution in [0.3, 0.4) is 0 Å². The zero-order valence-corrected chi connectivity index (χ0v) is 19.1. The van der Waals surface area contributed by atoms with Crippen LogP contribution >= 0.6 is 0 Å². The minimum atomic E-state index is -2.35. The average molecular weight is 491 g/mol. The van der Waals surface area contributed by atoms with Crippen molar-refractivity contribution in [3.8, 4) is 0 Å². The summed E-state index contributed by atoms with van der Waals surface area (Å²) in [6.07, 6.45) is -3.24.